The summed E-state index contributed by atoms with van der Waals surface area (Å²) < 4.78 is 0. The molecule has 2 aliphatic rings. The lowest BCUT2D eigenvalue weighted by molar-refractivity contribution is 0.378. The molecule has 1 atom stereocenters. The number of allylic oxidation sites excluding steroid dienone is 3. The number of hydrogen-bond donors (Lipinski definition) is 0. The van der Waals surface area contributed by atoms with E-state index in [1.165, 1.54) is 17.7 Å². The fraction of sp³-hybridized carbons (Fsp3) is 0.500. The van der Waals surface area contributed by atoms with E-state index in [9.17, 15) is 0 Å². The van der Waals surface area contributed by atoms with Crippen LogP contribution in [0.4, 0.5) is 0 Å². The molecule has 1 aliphatic carbocycles. The van der Waals surface area contributed by atoms with Gasteiger partial charge in [0.2, 0.25) is 0 Å². The van der Waals surface area contributed by atoms with Crippen molar-refractivity contribution in [3.8, 4) is 0 Å². The van der Waals surface area contributed by atoms with Gasteiger partial charge in [-0.1, -0.05) is 19.9 Å². The lowest BCUT2D eigenvalue weighted by Crippen LogP contribution is -2.17. The standard InChI is InChI=1S/C14H19N/c1-11(2)9-12-10-15(3)14-8-6-4-5-7-13(12)14/h4,6-8,11-12H,9-10H2,1-3H3. The summed E-state index contributed by atoms with van der Waals surface area (Å²) in [6, 6.07) is 0. The van der Waals surface area contributed by atoms with Crippen LogP contribution in [0.1, 0.15) is 20.3 Å². The molecule has 0 amide bonds. The molecule has 0 aromatic heterocycles. The van der Waals surface area contributed by atoms with Crippen molar-refractivity contribution < 1.29 is 0 Å². The minimum Gasteiger partial charge on any atom is -0.374 e. The second kappa shape index (κ2) is 4.12. The van der Waals surface area contributed by atoms with Gasteiger partial charge >= 0.3 is 0 Å². The van der Waals surface area contributed by atoms with Crippen LogP contribution >= 0.6 is 0 Å². The molecule has 0 bridgehead atoms. The summed E-state index contributed by atoms with van der Waals surface area (Å²) >= 11 is 0. The Hall–Kier alpha value is -1.20. The van der Waals surface area contributed by atoms with Crippen molar-refractivity contribution in [1.29, 1.82) is 0 Å². The van der Waals surface area contributed by atoms with Crippen LogP contribution in [0.5, 0.6) is 0 Å². The molecule has 80 valence electrons. The summed E-state index contributed by atoms with van der Waals surface area (Å²) in [5, 5.41) is 0. The molecule has 0 aromatic rings. The molecule has 0 spiro atoms. The fourth-order valence-corrected chi connectivity index (χ4v) is 2.48. The minimum absolute atomic E-state index is 0.689. The second-order valence-corrected chi connectivity index (χ2v) is 4.88. The summed E-state index contributed by atoms with van der Waals surface area (Å²) in [5.41, 5.74) is 6.07. The van der Waals surface area contributed by atoms with E-state index < -0.39 is 0 Å². The molecule has 2 rings (SSSR count). The first-order valence-electron chi connectivity index (χ1n) is 5.73. The minimum atomic E-state index is 0.689. The van der Waals surface area contributed by atoms with Gasteiger partial charge in [-0.15, -0.1) is 5.73 Å². The largest absolute Gasteiger partial charge is 0.374 e. The van der Waals surface area contributed by atoms with E-state index in [2.05, 4.69) is 49.8 Å². The van der Waals surface area contributed by atoms with Gasteiger partial charge in [-0.3, -0.25) is 0 Å². The van der Waals surface area contributed by atoms with E-state index in [-0.39, 0.29) is 0 Å². The van der Waals surface area contributed by atoms with Crippen LogP contribution < -0.4 is 0 Å². The third-order valence-electron chi connectivity index (χ3n) is 3.08. The van der Waals surface area contributed by atoms with Crippen LogP contribution in [0.2, 0.25) is 0 Å². The number of rotatable bonds is 2. The molecule has 1 aliphatic heterocycles. The van der Waals surface area contributed by atoms with Crippen LogP contribution in [0.15, 0.2) is 41.3 Å². The molecule has 1 heterocycles. The Balaban J connectivity index is 2.27. The SMILES string of the molecule is CC(C)CC1CN(C)C2=C1C=C=CC=C2. The van der Waals surface area contributed by atoms with Crippen molar-refractivity contribution in [2.75, 3.05) is 13.6 Å². The van der Waals surface area contributed by atoms with E-state index >= 15 is 0 Å². The summed E-state index contributed by atoms with van der Waals surface area (Å²) in [7, 11) is 2.18. The zero-order valence-corrected chi connectivity index (χ0v) is 9.83. The number of hydrogen-bond acceptors (Lipinski definition) is 1. The maximum Gasteiger partial charge on any atom is 0.0406 e. The molecule has 0 fully saturated rings. The van der Waals surface area contributed by atoms with E-state index in [0.29, 0.717) is 5.92 Å². The Labute approximate surface area is 92.5 Å². The van der Waals surface area contributed by atoms with Gasteiger partial charge in [0.05, 0.1) is 0 Å². The highest BCUT2D eigenvalue weighted by Crippen LogP contribution is 2.33. The molecular formula is C14H19N. The summed E-state index contributed by atoms with van der Waals surface area (Å²) in [6.07, 6.45) is 9.69. The first-order chi connectivity index (χ1) is 7.18. The number of likely N-dealkylation sites (N-methyl/N-ethyl adjacent to an activating group) is 1. The molecule has 0 N–H and O–H groups in total. The van der Waals surface area contributed by atoms with Crippen molar-refractivity contribution in [2.24, 2.45) is 11.8 Å². The quantitative estimate of drug-likeness (QED) is 0.620. The van der Waals surface area contributed by atoms with Gasteiger partial charge in [-0.05, 0) is 36.1 Å². The molecular weight excluding hydrogens is 182 g/mol. The summed E-state index contributed by atoms with van der Waals surface area (Å²) in [6.45, 7) is 5.75. The van der Waals surface area contributed by atoms with Crippen molar-refractivity contribution >= 4 is 0 Å². The predicted octanol–water partition coefficient (Wildman–Crippen LogP) is 3.13. The lowest BCUT2D eigenvalue weighted by Gasteiger charge is -2.16. The van der Waals surface area contributed by atoms with Crippen molar-refractivity contribution in [2.45, 2.75) is 20.3 Å². The average Bonchev–Trinajstić information content (AvgIpc) is 2.40. The molecule has 0 aromatic carbocycles. The average molecular weight is 201 g/mol. The van der Waals surface area contributed by atoms with Crippen molar-refractivity contribution in [3.63, 3.8) is 0 Å². The van der Waals surface area contributed by atoms with Crippen LogP contribution in [-0.4, -0.2) is 18.5 Å². The third kappa shape index (κ3) is 2.08. The smallest absolute Gasteiger partial charge is 0.0406 e. The van der Waals surface area contributed by atoms with Crippen molar-refractivity contribution in [3.05, 3.63) is 41.3 Å². The highest BCUT2D eigenvalue weighted by atomic mass is 15.1. The van der Waals surface area contributed by atoms with Crippen LogP contribution in [0.25, 0.3) is 0 Å². The molecule has 0 saturated heterocycles. The third-order valence-corrected chi connectivity index (χ3v) is 3.08. The topological polar surface area (TPSA) is 3.24 Å². The first-order valence-corrected chi connectivity index (χ1v) is 5.73. The van der Waals surface area contributed by atoms with E-state index in [4.69, 9.17) is 0 Å². The molecule has 15 heavy (non-hydrogen) atoms. The lowest BCUT2D eigenvalue weighted by atomic mass is 9.91. The zero-order valence-electron chi connectivity index (χ0n) is 9.83. The van der Waals surface area contributed by atoms with Gasteiger partial charge in [-0.2, -0.15) is 0 Å². The highest BCUT2D eigenvalue weighted by molar-refractivity contribution is 5.41. The van der Waals surface area contributed by atoms with Crippen LogP contribution in [0.3, 0.4) is 0 Å². The van der Waals surface area contributed by atoms with Gasteiger partial charge in [0.25, 0.3) is 0 Å². The fourth-order valence-electron chi connectivity index (χ4n) is 2.48. The molecule has 0 saturated carbocycles. The summed E-state index contributed by atoms with van der Waals surface area (Å²) in [4.78, 5) is 2.36. The van der Waals surface area contributed by atoms with E-state index in [1.807, 2.05) is 6.08 Å². The second-order valence-electron chi connectivity index (χ2n) is 4.88. The highest BCUT2D eigenvalue weighted by Gasteiger charge is 2.27. The Morgan fingerprint density at radius 2 is 2.33 bits per heavy atom. The van der Waals surface area contributed by atoms with Gasteiger partial charge in [-0.25, -0.2) is 0 Å². The Kier molecular flexibility index (Phi) is 2.83. The Morgan fingerprint density at radius 1 is 1.53 bits per heavy atom. The number of nitrogens with zero attached hydrogens (tertiary/aromatic N) is 1. The van der Waals surface area contributed by atoms with E-state index in [0.717, 1.165) is 12.5 Å². The Bertz CT molecular complexity index is 365. The normalized spacial score (nSPS) is 24.0. The summed E-state index contributed by atoms with van der Waals surface area (Å²) in [5.74, 6) is 1.45. The zero-order chi connectivity index (χ0) is 10.8. The van der Waals surface area contributed by atoms with Crippen molar-refractivity contribution in [1.82, 2.24) is 4.90 Å². The predicted molar refractivity (Wildman–Crippen MR) is 64.4 cm³/mol. The maximum absolute atomic E-state index is 3.22. The van der Waals surface area contributed by atoms with Gasteiger partial charge in [0.15, 0.2) is 0 Å². The van der Waals surface area contributed by atoms with Crippen LogP contribution in [-0.2, 0) is 0 Å². The molecule has 0 radical (unpaired) electrons. The van der Waals surface area contributed by atoms with Gasteiger partial charge in [0, 0.05) is 25.2 Å². The molecule has 1 unspecified atom stereocenters. The van der Waals surface area contributed by atoms with Crippen LogP contribution in [0, 0.1) is 11.8 Å². The van der Waals surface area contributed by atoms with Gasteiger partial charge in [0.1, 0.15) is 0 Å². The maximum atomic E-state index is 3.22. The monoisotopic (exact) mass is 201 g/mol. The van der Waals surface area contributed by atoms with E-state index in [1.54, 1.807) is 0 Å². The first kappa shape index (κ1) is 10.3. The molecule has 1 nitrogen and oxygen atoms in total. The van der Waals surface area contributed by atoms with Gasteiger partial charge < -0.3 is 4.90 Å². The molecule has 1 heteroatoms. The Morgan fingerprint density at radius 3 is 3.07 bits per heavy atom.